The van der Waals surface area contributed by atoms with E-state index < -0.39 is 17.9 Å². The first kappa shape index (κ1) is 13.6. The molecule has 2 amide bonds. The first-order valence-electron chi connectivity index (χ1n) is 6.96. The Labute approximate surface area is 120 Å². The number of H-pyrrole nitrogens is 1. The van der Waals surface area contributed by atoms with Gasteiger partial charge in [0.2, 0.25) is 5.91 Å². The lowest BCUT2D eigenvalue weighted by atomic mass is 10.2. The Kier molecular flexibility index (Phi) is 3.36. The van der Waals surface area contributed by atoms with Crippen LogP contribution in [0.1, 0.15) is 46.7 Å². The van der Waals surface area contributed by atoms with Crippen molar-refractivity contribution in [1.82, 2.24) is 20.2 Å². The highest BCUT2D eigenvalue weighted by molar-refractivity contribution is 6.03. The van der Waals surface area contributed by atoms with Gasteiger partial charge in [-0.25, -0.2) is 9.78 Å². The Balaban J connectivity index is 1.77. The maximum Gasteiger partial charge on any atom is 0.354 e. The van der Waals surface area contributed by atoms with E-state index in [-0.39, 0.29) is 23.3 Å². The molecule has 2 heterocycles. The Morgan fingerprint density at radius 1 is 1.33 bits per heavy atom. The van der Waals surface area contributed by atoms with Crippen LogP contribution < -0.4 is 5.32 Å². The van der Waals surface area contributed by atoms with Gasteiger partial charge in [0.05, 0.1) is 6.33 Å². The summed E-state index contributed by atoms with van der Waals surface area (Å²) in [5, 5.41) is 11.9. The minimum atomic E-state index is -1.24. The largest absolute Gasteiger partial charge is 0.477 e. The number of nitrogens with zero attached hydrogens (tertiary/aromatic N) is 2. The van der Waals surface area contributed by atoms with Crippen molar-refractivity contribution in [3.8, 4) is 0 Å². The number of carbonyl (C=O) groups is 3. The summed E-state index contributed by atoms with van der Waals surface area (Å²) in [6, 6.07) is -0.300. The molecular formula is C13H16N4O4. The van der Waals surface area contributed by atoms with Crippen molar-refractivity contribution < 1.29 is 19.5 Å². The van der Waals surface area contributed by atoms with Crippen molar-refractivity contribution in [2.24, 2.45) is 0 Å². The number of likely N-dealkylation sites (tertiary alicyclic amines) is 1. The predicted molar refractivity (Wildman–Crippen MR) is 70.8 cm³/mol. The molecule has 0 spiro atoms. The van der Waals surface area contributed by atoms with Crippen LogP contribution in [0.2, 0.25) is 0 Å². The second kappa shape index (κ2) is 5.19. The van der Waals surface area contributed by atoms with Crippen molar-refractivity contribution in [1.29, 1.82) is 0 Å². The van der Waals surface area contributed by atoms with Crippen molar-refractivity contribution in [2.45, 2.75) is 37.8 Å². The molecule has 1 atom stereocenters. The summed E-state index contributed by atoms with van der Waals surface area (Å²) in [7, 11) is 0. The zero-order valence-corrected chi connectivity index (χ0v) is 11.3. The summed E-state index contributed by atoms with van der Waals surface area (Å²) in [5.74, 6) is -1.91. The number of carbonyl (C=O) groups excluding carboxylic acids is 2. The normalized spacial score (nSPS) is 21.3. The number of amides is 2. The molecule has 8 nitrogen and oxygen atoms in total. The fourth-order valence-electron chi connectivity index (χ4n) is 2.56. The minimum Gasteiger partial charge on any atom is -0.477 e. The molecule has 1 unspecified atom stereocenters. The number of imidazole rings is 1. The van der Waals surface area contributed by atoms with Crippen LogP contribution in [0, 0.1) is 0 Å². The van der Waals surface area contributed by atoms with Gasteiger partial charge in [0.15, 0.2) is 11.4 Å². The molecular weight excluding hydrogens is 276 g/mol. The van der Waals surface area contributed by atoms with Crippen LogP contribution in [-0.2, 0) is 4.79 Å². The van der Waals surface area contributed by atoms with Crippen LogP contribution in [0.25, 0.3) is 0 Å². The molecule has 1 aromatic rings. The fraction of sp³-hybridized carbons (Fsp3) is 0.538. The Morgan fingerprint density at radius 2 is 2.10 bits per heavy atom. The molecule has 3 N–H and O–H groups in total. The molecule has 1 aromatic heterocycles. The van der Waals surface area contributed by atoms with E-state index in [1.165, 1.54) is 11.2 Å². The summed E-state index contributed by atoms with van der Waals surface area (Å²) in [6.45, 7) is 0.438. The molecule has 21 heavy (non-hydrogen) atoms. The third-order valence-electron chi connectivity index (χ3n) is 3.80. The zero-order valence-electron chi connectivity index (χ0n) is 11.3. The smallest absolute Gasteiger partial charge is 0.354 e. The van der Waals surface area contributed by atoms with Crippen molar-refractivity contribution in [2.75, 3.05) is 6.54 Å². The zero-order chi connectivity index (χ0) is 15.0. The summed E-state index contributed by atoms with van der Waals surface area (Å²) < 4.78 is 0. The molecule has 0 radical (unpaired) electrons. The molecule has 1 aliphatic carbocycles. The second-order valence-corrected chi connectivity index (χ2v) is 5.37. The van der Waals surface area contributed by atoms with Gasteiger partial charge in [-0.1, -0.05) is 0 Å². The molecule has 0 bridgehead atoms. The maximum atomic E-state index is 12.4. The predicted octanol–water partition coefficient (Wildman–Crippen LogP) is -0.00890. The van der Waals surface area contributed by atoms with Gasteiger partial charge in [-0.15, -0.1) is 0 Å². The topological polar surface area (TPSA) is 115 Å². The number of aromatic nitrogens is 2. The number of nitrogens with one attached hydrogen (secondary N) is 2. The molecule has 1 aliphatic heterocycles. The molecule has 2 aliphatic rings. The highest BCUT2D eigenvalue weighted by Gasteiger charge is 2.38. The first-order valence-corrected chi connectivity index (χ1v) is 6.96. The third kappa shape index (κ3) is 2.61. The van der Waals surface area contributed by atoms with E-state index in [4.69, 9.17) is 5.11 Å². The molecule has 3 rings (SSSR count). The summed E-state index contributed by atoms with van der Waals surface area (Å²) >= 11 is 0. The van der Waals surface area contributed by atoms with Gasteiger partial charge in [-0.3, -0.25) is 9.59 Å². The lowest BCUT2D eigenvalue weighted by Crippen LogP contribution is -2.46. The Morgan fingerprint density at radius 3 is 2.76 bits per heavy atom. The van der Waals surface area contributed by atoms with Crippen molar-refractivity contribution in [3.63, 3.8) is 0 Å². The van der Waals surface area contributed by atoms with Crippen LogP contribution in [0.3, 0.4) is 0 Å². The fourth-order valence-corrected chi connectivity index (χ4v) is 2.56. The highest BCUT2D eigenvalue weighted by Crippen LogP contribution is 2.24. The van der Waals surface area contributed by atoms with Gasteiger partial charge in [0.1, 0.15) is 6.04 Å². The van der Waals surface area contributed by atoms with Crippen LogP contribution in [0.4, 0.5) is 0 Å². The maximum absolute atomic E-state index is 12.4. The number of hydrogen-bond donors (Lipinski definition) is 3. The lowest BCUT2D eigenvalue weighted by Gasteiger charge is -2.23. The van der Waals surface area contributed by atoms with Gasteiger partial charge in [0.25, 0.3) is 5.91 Å². The van der Waals surface area contributed by atoms with Gasteiger partial charge in [-0.05, 0) is 25.7 Å². The SMILES string of the molecule is O=C(O)c1[nH]cnc1C(=O)N1CCCC1C(=O)NC1CC1. The quantitative estimate of drug-likeness (QED) is 0.722. The number of aromatic amines is 1. The summed E-state index contributed by atoms with van der Waals surface area (Å²) in [6.07, 6.45) is 4.45. The molecule has 2 fully saturated rings. The number of carboxylic acid groups (broad SMARTS) is 1. The number of rotatable bonds is 4. The average molecular weight is 292 g/mol. The van der Waals surface area contributed by atoms with Crippen LogP contribution in [0.5, 0.6) is 0 Å². The van der Waals surface area contributed by atoms with E-state index in [1.54, 1.807) is 0 Å². The van der Waals surface area contributed by atoms with Crippen molar-refractivity contribution in [3.05, 3.63) is 17.7 Å². The van der Waals surface area contributed by atoms with Crippen LogP contribution >= 0.6 is 0 Å². The highest BCUT2D eigenvalue weighted by atomic mass is 16.4. The standard InChI is InChI=1S/C13H16N4O4/c18-11(16-7-3-4-7)8-2-1-5-17(8)12(19)9-10(13(20)21)15-6-14-9/h6-8H,1-5H2,(H,14,15)(H,16,18)(H,20,21). The first-order chi connectivity index (χ1) is 10.1. The Hall–Kier alpha value is -2.38. The molecule has 1 saturated heterocycles. The van der Waals surface area contributed by atoms with E-state index >= 15 is 0 Å². The number of hydrogen-bond acceptors (Lipinski definition) is 4. The average Bonchev–Trinajstić information content (AvgIpc) is 2.99. The van der Waals surface area contributed by atoms with Gasteiger partial charge in [0, 0.05) is 12.6 Å². The van der Waals surface area contributed by atoms with E-state index in [9.17, 15) is 14.4 Å². The van der Waals surface area contributed by atoms with Gasteiger partial charge >= 0.3 is 5.97 Å². The lowest BCUT2D eigenvalue weighted by molar-refractivity contribution is -0.125. The van der Waals surface area contributed by atoms with Crippen LogP contribution in [0.15, 0.2) is 6.33 Å². The molecule has 112 valence electrons. The Bertz CT molecular complexity index is 593. The molecule has 8 heteroatoms. The second-order valence-electron chi connectivity index (χ2n) is 5.37. The van der Waals surface area contributed by atoms with E-state index in [1.807, 2.05) is 0 Å². The third-order valence-corrected chi connectivity index (χ3v) is 3.80. The number of aromatic carboxylic acids is 1. The van der Waals surface area contributed by atoms with E-state index in [0.29, 0.717) is 13.0 Å². The molecule has 1 saturated carbocycles. The summed E-state index contributed by atoms with van der Waals surface area (Å²) in [4.78, 5) is 43.3. The monoisotopic (exact) mass is 292 g/mol. The van der Waals surface area contributed by atoms with E-state index in [2.05, 4.69) is 15.3 Å². The number of carboxylic acids is 1. The van der Waals surface area contributed by atoms with Gasteiger partial charge in [-0.2, -0.15) is 0 Å². The van der Waals surface area contributed by atoms with Crippen LogP contribution in [-0.4, -0.2) is 56.4 Å². The minimum absolute atomic E-state index is 0.145. The molecule has 0 aromatic carbocycles. The van der Waals surface area contributed by atoms with Crippen molar-refractivity contribution >= 4 is 17.8 Å². The van der Waals surface area contributed by atoms with Gasteiger partial charge < -0.3 is 20.3 Å². The van der Waals surface area contributed by atoms with E-state index in [0.717, 1.165) is 19.3 Å². The summed E-state index contributed by atoms with van der Waals surface area (Å²) in [5.41, 5.74) is -0.387.